The van der Waals surface area contributed by atoms with Crippen LogP contribution < -0.4 is 11.1 Å². The Bertz CT molecular complexity index is 900. The van der Waals surface area contributed by atoms with Crippen molar-refractivity contribution in [2.24, 2.45) is 5.73 Å². The molecule has 0 aliphatic carbocycles. The van der Waals surface area contributed by atoms with Crippen molar-refractivity contribution in [3.8, 4) is 11.1 Å². The van der Waals surface area contributed by atoms with E-state index in [4.69, 9.17) is 5.11 Å². The van der Waals surface area contributed by atoms with Crippen LogP contribution >= 0.6 is 0 Å². The summed E-state index contributed by atoms with van der Waals surface area (Å²) in [6.07, 6.45) is 1.26. The molecule has 166 valence electrons. The lowest BCUT2D eigenvalue weighted by Crippen LogP contribution is -1.96. The molecule has 0 heterocycles. The van der Waals surface area contributed by atoms with Crippen molar-refractivity contribution in [3.05, 3.63) is 103 Å². The predicted molar refractivity (Wildman–Crippen MR) is 125 cm³/mol. The lowest BCUT2D eigenvalue weighted by molar-refractivity contribution is -0.105. The molecule has 0 saturated heterocycles. The number of hydrogen-bond donors (Lipinski definition) is 3. The van der Waals surface area contributed by atoms with E-state index in [1.165, 1.54) is 19.2 Å². The Morgan fingerprint density at radius 3 is 2.19 bits per heavy atom. The third kappa shape index (κ3) is 10.3. The minimum atomic E-state index is -0.552. The molecule has 0 aromatic heterocycles. The zero-order valence-electron chi connectivity index (χ0n) is 17.9. The Morgan fingerprint density at radius 1 is 1.00 bits per heavy atom. The summed E-state index contributed by atoms with van der Waals surface area (Å²) in [4.78, 5) is 10.1. The van der Waals surface area contributed by atoms with Crippen molar-refractivity contribution in [2.45, 2.75) is 13.3 Å². The highest BCUT2D eigenvalue weighted by atomic mass is 19.1. The third-order valence-electron chi connectivity index (χ3n) is 3.85. The predicted octanol–water partition coefficient (Wildman–Crippen LogP) is 5.11. The number of rotatable bonds is 5. The summed E-state index contributed by atoms with van der Waals surface area (Å²) in [6.45, 7) is 8.09. The van der Waals surface area contributed by atoms with Crippen LogP contribution in [0.25, 0.3) is 11.1 Å². The summed E-state index contributed by atoms with van der Waals surface area (Å²) < 4.78 is 26.1. The fourth-order valence-electron chi connectivity index (χ4n) is 2.47. The number of amides is 1. The van der Waals surface area contributed by atoms with Crippen molar-refractivity contribution < 1.29 is 18.7 Å². The first-order valence-electron chi connectivity index (χ1n) is 9.53. The third-order valence-corrected chi connectivity index (χ3v) is 3.85. The second-order valence-corrected chi connectivity index (χ2v) is 5.93. The van der Waals surface area contributed by atoms with E-state index >= 15 is 0 Å². The molecule has 31 heavy (non-hydrogen) atoms. The largest absolute Gasteiger partial charge is 0.396 e. The molecule has 4 nitrogen and oxygen atoms in total. The molecule has 0 radical (unpaired) electrons. The highest BCUT2D eigenvalue weighted by Gasteiger charge is 2.05. The standard InChI is InChI=1S/C13H10F2.C9H11NO2.C2H4.CH5N/c1-9-2-4-10(5-3-9)12-7-6-11(14)8-13(12)15;11-5-4-8-2-1-3-9(6-8)10-7-12;2*1-2/h2-8H,1H3;1-3,6-7,11H,4-5H2,(H,10,12);1-2H2;2H2,1H3. The SMILES string of the molecule is C=C.CN.Cc1ccc(-c2ccc(F)cc2F)cc1.O=CNc1cccc(CCO)c1. The number of aliphatic hydroxyl groups excluding tert-OH is 1. The van der Waals surface area contributed by atoms with Gasteiger partial charge in [-0.2, -0.15) is 0 Å². The number of aliphatic hydroxyl groups is 1. The van der Waals surface area contributed by atoms with E-state index < -0.39 is 11.6 Å². The van der Waals surface area contributed by atoms with E-state index in [-0.39, 0.29) is 6.61 Å². The summed E-state index contributed by atoms with van der Waals surface area (Å²) in [5.41, 5.74) is 8.58. The van der Waals surface area contributed by atoms with Crippen molar-refractivity contribution in [2.75, 3.05) is 19.0 Å². The van der Waals surface area contributed by atoms with Crippen LogP contribution in [0.4, 0.5) is 14.5 Å². The van der Waals surface area contributed by atoms with Crippen LogP contribution in [0.5, 0.6) is 0 Å². The van der Waals surface area contributed by atoms with Gasteiger partial charge in [-0.3, -0.25) is 4.79 Å². The zero-order valence-corrected chi connectivity index (χ0v) is 17.9. The molecule has 3 rings (SSSR count). The first-order chi connectivity index (χ1) is 15.0. The fraction of sp³-hybridized carbons (Fsp3) is 0.160. The molecule has 0 bridgehead atoms. The number of nitrogens with two attached hydrogens (primary N) is 1. The maximum atomic E-state index is 13.4. The number of aryl methyl sites for hydroxylation is 1. The molecule has 0 aliphatic heterocycles. The van der Waals surface area contributed by atoms with Gasteiger partial charge in [-0.15, -0.1) is 13.2 Å². The van der Waals surface area contributed by atoms with Gasteiger partial charge in [0, 0.05) is 23.9 Å². The van der Waals surface area contributed by atoms with Crippen LogP contribution in [0.1, 0.15) is 11.1 Å². The van der Waals surface area contributed by atoms with Crippen LogP contribution in [0, 0.1) is 18.6 Å². The maximum Gasteiger partial charge on any atom is 0.211 e. The van der Waals surface area contributed by atoms with E-state index in [1.54, 1.807) is 6.07 Å². The van der Waals surface area contributed by atoms with Gasteiger partial charge in [0.2, 0.25) is 6.41 Å². The van der Waals surface area contributed by atoms with Crippen LogP contribution in [-0.4, -0.2) is 25.2 Å². The van der Waals surface area contributed by atoms with Crippen molar-refractivity contribution in [1.82, 2.24) is 0 Å². The molecular formula is C25H30F2N2O2. The molecule has 0 fully saturated rings. The molecule has 6 heteroatoms. The minimum absolute atomic E-state index is 0.130. The summed E-state index contributed by atoms with van der Waals surface area (Å²) in [5, 5.41) is 11.2. The summed E-state index contributed by atoms with van der Waals surface area (Å²) in [7, 11) is 1.50. The molecule has 0 atom stereocenters. The fourth-order valence-corrected chi connectivity index (χ4v) is 2.47. The topological polar surface area (TPSA) is 75.4 Å². The Balaban J connectivity index is 0.000000510. The van der Waals surface area contributed by atoms with Gasteiger partial charge in [0.15, 0.2) is 0 Å². The van der Waals surface area contributed by atoms with Crippen molar-refractivity contribution >= 4 is 12.1 Å². The number of nitrogens with one attached hydrogen (secondary N) is 1. The van der Waals surface area contributed by atoms with Crippen LogP contribution in [0.3, 0.4) is 0 Å². The number of carbonyl (C=O) groups is 1. The molecule has 3 aromatic carbocycles. The van der Waals surface area contributed by atoms with Crippen LogP contribution in [0.15, 0.2) is 79.9 Å². The number of hydrogen-bond acceptors (Lipinski definition) is 3. The molecule has 1 amide bonds. The monoisotopic (exact) mass is 428 g/mol. The first kappa shape index (κ1) is 27.6. The molecule has 3 aromatic rings. The Kier molecular flexibility index (Phi) is 14.7. The van der Waals surface area contributed by atoms with Gasteiger partial charge in [-0.05, 0) is 55.8 Å². The molecule has 0 aliphatic rings. The first-order valence-corrected chi connectivity index (χ1v) is 9.53. The minimum Gasteiger partial charge on any atom is -0.396 e. The van der Waals surface area contributed by atoms with Gasteiger partial charge >= 0.3 is 0 Å². The smallest absolute Gasteiger partial charge is 0.211 e. The van der Waals surface area contributed by atoms with Crippen molar-refractivity contribution in [1.29, 1.82) is 0 Å². The second kappa shape index (κ2) is 16.4. The quantitative estimate of drug-likeness (QED) is 0.391. The second-order valence-electron chi connectivity index (χ2n) is 5.93. The lowest BCUT2D eigenvalue weighted by atomic mass is 10.0. The number of benzene rings is 3. The average molecular weight is 429 g/mol. The Labute approximate surface area is 183 Å². The molecular weight excluding hydrogens is 398 g/mol. The van der Waals surface area contributed by atoms with Gasteiger partial charge in [0.25, 0.3) is 0 Å². The maximum absolute atomic E-state index is 13.4. The summed E-state index contributed by atoms with van der Waals surface area (Å²) in [5.74, 6) is -1.08. The number of carbonyl (C=O) groups excluding carboxylic acids is 1. The van der Waals surface area contributed by atoms with E-state index in [0.717, 1.165) is 28.4 Å². The van der Waals surface area contributed by atoms with Gasteiger partial charge in [-0.1, -0.05) is 42.0 Å². The normalized spacial score (nSPS) is 8.97. The van der Waals surface area contributed by atoms with E-state index in [2.05, 4.69) is 24.2 Å². The summed E-state index contributed by atoms with van der Waals surface area (Å²) in [6, 6.07) is 18.5. The van der Waals surface area contributed by atoms with E-state index in [0.29, 0.717) is 18.4 Å². The Hall–Kier alpha value is -3.35. The molecule has 0 spiro atoms. The van der Waals surface area contributed by atoms with E-state index in [1.807, 2.05) is 49.4 Å². The van der Waals surface area contributed by atoms with Gasteiger partial charge in [0.1, 0.15) is 11.6 Å². The lowest BCUT2D eigenvalue weighted by Gasteiger charge is -2.03. The van der Waals surface area contributed by atoms with Gasteiger partial charge < -0.3 is 16.2 Å². The highest BCUT2D eigenvalue weighted by Crippen LogP contribution is 2.23. The molecule has 4 N–H and O–H groups in total. The van der Waals surface area contributed by atoms with E-state index in [9.17, 15) is 13.6 Å². The molecule has 0 saturated carbocycles. The molecule has 0 unspecified atom stereocenters. The van der Waals surface area contributed by atoms with Crippen LogP contribution in [0.2, 0.25) is 0 Å². The van der Waals surface area contributed by atoms with Gasteiger partial charge in [-0.25, -0.2) is 8.78 Å². The van der Waals surface area contributed by atoms with Crippen molar-refractivity contribution in [3.63, 3.8) is 0 Å². The zero-order chi connectivity index (χ0) is 23.6. The number of anilines is 1. The van der Waals surface area contributed by atoms with Gasteiger partial charge in [0.05, 0.1) is 0 Å². The highest BCUT2D eigenvalue weighted by molar-refractivity contribution is 5.71. The summed E-state index contributed by atoms with van der Waals surface area (Å²) >= 11 is 0. The van der Waals surface area contributed by atoms with Crippen LogP contribution in [-0.2, 0) is 11.2 Å². The Morgan fingerprint density at radius 2 is 1.65 bits per heavy atom. The number of halogens is 2. The average Bonchev–Trinajstić information content (AvgIpc) is 2.79.